The van der Waals surface area contributed by atoms with E-state index in [1.807, 2.05) is 48.5 Å². The molecule has 0 heterocycles. The zero-order chi connectivity index (χ0) is 18.2. The van der Waals surface area contributed by atoms with Crippen molar-refractivity contribution in [2.45, 2.75) is 0 Å². The standard InChI is InChI=1S/C22H14N4/c23-13-17-1-5-19(6-2-17)15-25-21-9-11-22(12-10-21)26-16-20-7-3-18(14-24)4-8-20/h1-12,15-16H. The van der Waals surface area contributed by atoms with Crippen LogP contribution in [0.15, 0.2) is 82.8 Å². The molecule has 0 radical (unpaired) electrons. The molecule has 0 aromatic heterocycles. The fourth-order valence-corrected chi connectivity index (χ4v) is 2.21. The minimum Gasteiger partial charge on any atom is -0.256 e. The van der Waals surface area contributed by atoms with Crippen molar-refractivity contribution in [2.24, 2.45) is 9.98 Å². The van der Waals surface area contributed by atoms with Gasteiger partial charge in [0, 0.05) is 12.4 Å². The Labute approximate surface area is 152 Å². The molecule has 0 aliphatic rings. The van der Waals surface area contributed by atoms with E-state index in [-0.39, 0.29) is 0 Å². The number of nitriles is 2. The molecule has 0 atom stereocenters. The highest BCUT2D eigenvalue weighted by molar-refractivity contribution is 5.83. The fraction of sp³-hybridized carbons (Fsp3) is 0. The van der Waals surface area contributed by atoms with Crippen molar-refractivity contribution in [3.63, 3.8) is 0 Å². The summed E-state index contributed by atoms with van der Waals surface area (Å²) in [5.41, 5.74) is 4.79. The van der Waals surface area contributed by atoms with Crippen LogP contribution < -0.4 is 0 Å². The quantitative estimate of drug-likeness (QED) is 0.634. The molecule has 0 aliphatic heterocycles. The minimum absolute atomic E-state index is 0.631. The van der Waals surface area contributed by atoms with Crippen LogP contribution in [-0.4, -0.2) is 12.4 Å². The predicted octanol–water partition coefficient (Wildman–Crippen LogP) is 4.93. The van der Waals surface area contributed by atoms with E-state index in [0.29, 0.717) is 11.1 Å². The van der Waals surface area contributed by atoms with E-state index >= 15 is 0 Å². The van der Waals surface area contributed by atoms with Gasteiger partial charge in [0.2, 0.25) is 0 Å². The van der Waals surface area contributed by atoms with Crippen LogP contribution in [-0.2, 0) is 0 Å². The second-order valence-corrected chi connectivity index (χ2v) is 5.50. The highest BCUT2D eigenvalue weighted by Crippen LogP contribution is 2.18. The zero-order valence-electron chi connectivity index (χ0n) is 13.9. The maximum atomic E-state index is 8.79. The molecule has 26 heavy (non-hydrogen) atoms. The van der Waals surface area contributed by atoms with Gasteiger partial charge in [-0.05, 0) is 59.7 Å². The van der Waals surface area contributed by atoms with Crippen LogP contribution in [0.2, 0.25) is 0 Å². The summed E-state index contributed by atoms with van der Waals surface area (Å²) in [5, 5.41) is 17.6. The van der Waals surface area contributed by atoms with Crippen molar-refractivity contribution >= 4 is 23.8 Å². The van der Waals surface area contributed by atoms with Gasteiger partial charge >= 0.3 is 0 Å². The van der Waals surface area contributed by atoms with Crippen LogP contribution in [0, 0.1) is 22.7 Å². The van der Waals surface area contributed by atoms with Gasteiger partial charge < -0.3 is 0 Å². The fourth-order valence-electron chi connectivity index (χ4n) is 2.21. The Morgan fingerprint density at radius 1 is 0.538 bits per heavy atom. The van der Waals surface area contributed by atoms with Gasteiger partial charge in [-0.25, -0.2) is 0 Å². The molecule has 0 spiro atoms. The molecular formula is C22H14N4. The molecule has 3 aromatic rings. The third-order valence-corrected chi connectivity index (χ3v) is 3.65. The van der Waals surface area contributed by atoms with Gasteiger partial charge in [-0.1, -0.05) is 24.3 Å². The van der Waals surface area contributed by atoms with Crippen LogP contribution in [0.25, 0.3) is 0 Å². The van der Waals surface area contributed by atoms with Crippen molar-refractivity contribution in [2.75, 3.05) is 0 Å². The van der Waals surface area contributed by atoms with Crippen molar-refractivity contribution in [3.05, 3.63) is 95.1 Å². The highest BCUT2D eigenvalue weighted by atomic mass is 14.7. The van der Waals surface area contributed by atoms with Crippen LogP contribution in [0.4, 0.5) is 11.4 Å². The SMILES string of the molecule is N#Cc1ccc(C=Nc2ccc(N=Cc3ccc(C#N)cc3)cc2)cc1. The smallest absolute Gasteiger partial charge is 0.0991 e. The van der Waals surface area contributed by atoms with Gasteiger partial charge in [-0.3, -0.25) is 9.98 Å². The maximum Gasteiger partial charge on any atom is 0.0991 e. The van der Waals surface area contributed by atoms with E-state index in [1.54, 1.807) is 36.7 Å². The van der Waals surface area contributed by atoms with Crippen LogP contribution >= 0.6 is 0 Å². The highest BCUT2D eigenvalue weighted by Gasteiger charge is 1.94. The van der Waals surface area contributed by atoms with Crippen LogP contribution in [0.3, 0.4) is 0 Å². The Kier molecular flexibility index (Phi) is 5.30. The van der Waals surface area contributed by atoms with Gasteiger partial charge in [-0.2, -0.15) is 10.5 Å². The lowest BCUT2D eigenvalue weighted by Crippen LogP contribution is -1.81. The number of hydrogen-bond acceptors (Lipinski definition) is 4. The summed E-state index contributed by atoms with van der Waals surface area (Å²) in [5.74, 6) is 0. The van der Waals surface area contributed by atoms with E-state index in [1.165, 1.54) is 0 Å². The summed E-state index contributed by atoms with van der Waals surface area (Å²) in [6.07, 6.45) is 3.52. The molecule has 0 bridgehead atoms. The summed E-state index contributed by atoms with van der Waals surface area (Å²) < 4.78 is 0. The maximum absolute atomic E-state index is 8.79. The average molecular weight is 334 g/mol. The molecule has 0 saturated carbocycles. The third kappa shape index (κ3) is 4.50. The van der Waals surface area contributed by atoms with E-state index < -0.39 is 0 Å². The Morgan fingerprint density at radius 3 is 1.19 bits per heavy atom. The first-order chi connectivity index (χ1) is 12.8. The summed E-state index contributed by atoms with van der Waals surface area (Å²) >= 11 is 0. The molecule has 4 nitrogen and oxygen atoms in total. The van der Waals surface area contributed by atoms with Gasteiger partial charge in [-0.15, -0.1) is 0 Å². The number of nitrogens with zero attached hydrogens (tertiary/aromatic N) is 4. The van der Waals surface area contributed by atoms with E-state index in [9.17, 15) is 0 Å². The molecule has 3 rings (SSSR count). The van der Waals surface area contributed by atoms with E-state index in [2.05, 4.69) is 22.1 Å². The van der Waals surface area contributed by atoms with Crippen molar-refractivity contribution in [3.8, 4) is 12.1 Å². The molecule has 0 unspecified atom stereocenters. The topological polar surface area (TPSA) is 72.3 Å². The van der Waals surface area contributed by atoms with Gasteiger partial charge in [0.1, 0.15) is 0 Å². The first-order valence-corrected chi connectivity index (χ1v) is 7.95. The molecule has 4 heteroatoms. The van der Waals surface area contributed by atoms with Crippen LogP contribution in [0.1, 0.15) is 22.3 Å². The Morgan fingerprint density at radius 2 is 0.885 bits per heavy atom. The third-order valence-electron chi connectivity index (χ3n) is 3.65. The molecular weight excluding hydrogens is 320 g/mol. The Hall–Kier alpha value is -4.02. The summed E-state index contributed by atoms with van der Waals surface area (Å²) in [7, 11) is 0. The van der Waals surface area contributed by atoms with Crippen molar-refractivity contribution < 1.29 is 0 Å². The van der Waals surface area contributed by atoms with E-state index in [0.717, 1.165) is 22.5 Å². The molecule has 3 aromatic carbocycles. The van der Waals surface area contributed by atoms with Gasteiger partial charge in [0.05, 0.1) is 34.6 Å². The van der Waals surface area contributed by atoms with E-state index in [4.69, 9.17) is 10.5 Å². The minimum atomic E-state index is 0.631. The van der Waals surface area contributed by atoms with Crippen LogP contribution in [0.5, 0.6) is 0 Å². The molecule has 0 amide bonds. The number of benzene rings is 3. The number of rotatable bonds is 4. The molecule has 0 N–H and O–H groups in total. The first-order valence-electron chi connectivity index (χ1n) is 7.95. The number of hydrogen-bond donors (Lipinski definition) is 0. The summed E-state index contributed by atoms with van der Waals surface area (Å²) in [4.78, 5) is 8.84. The van der Waals surface area contributed by atoms with Gasteiger partial charge in [0.15, 0.2) is 0 Å². The lowest BCUT2D eigenvalue weighted by Gasteiger charge is -1.97. The van der Waals surface area contributed by atoms with Crippen molar-refractivity contribution in [1.29, 1.82) is 10.5 Å². The molecule has 0 saturated heterocycles. The average Bonchev–Trinajstić information content (AvgIpc) is 2.72. The summed E-state index contributed by atoms with van der Waals surface area (Å²) in [6, 6.07) is 26.3. The molecule has 122 valence electrons. The lowest BCUT2D eigenvalue weighted by atomic mass is 10.1. The number of aliphatic imine (C=N–C) groups is 2. The summed E-state index contributed by atoms with van der Waals surface area (Å²) in [6.45, 7) is 0. The van der Waals surface area contributed by atoms with Crippen molar-refractivity contribution in [1.82, 2.24) is 0 Å². The zero-order valence-corrected chi connectivity index (χ0v) is 13.9. The monoisotopic (exact) mass is 334 g/mol. The Bertz CT molecular complexity index is 927. The molecule has 0 fully saturated rings. The largest absolute Gasteiger partial charge is 0.256 e. The second-order valence-electron chi connectivity index (χ2n) is 5.50. The normalized spacial score (nSPS) is 10.7. The first kappa shape index (κ1) is 16.8. The second kappa shape index (κ2) is 8.19. The van der Waals surface area contributed by atoms with Gasteiger partial charge in [0.25, 0.3) is 0 Å². The Balaban J connectivity index is 1.65. The lowest BCUT2D eigenvalue weighted by molar-refractivity contribution is 1.46. The molecule has 0 aliphatic carbocycles. The predicted molar refractivity (Wildman–Crippen MR) is 103 cm³/mol.